The fourth-order valence-electron chi connectivity index (χ4n) is 1.31. The first-order chi connectivity index (χ1) is 6.72. The number of alkyl halides is 1. The van der Waals surface area contributed by atoms with Crippen LogP contribution >= 0.6 is 27.5 Å². The molecule has 0 aliphatic heterocycles. The molecule has 0 aliphatic carbocycles. The maximum Gasteiger partial charge on any atom is 0.0235 e. The van der Waals surface area contributed by atoms with Crippen LogP contribution < -0.4 is 0 Å². The van der Waals surface area contributed by atoms with Gasteiger partial charge in [-0.15, -0.1) is 11.6 Å². The monoisotopic (exact) mass is 275 g/mol. The molecule has 0 saturated heterocycles. The summed E-state index contributed by atoms with van der Waals surface area (Å²) >= 11 is 9.06. The van der Waals surface area contributed by atoms with Crippen LogP contribution in [0.1, 0.15) is 12.0 Å². The van der Waals surface area contributed by atoms with E-state index < -0.39 is 0 Å². The predicted octanol–water partition coefficient (Wildman–Crippen LogP) is 3.51. The fraction of sp³-hybridized carbons (Fsp3) is 0.455. The van der Waals surface area contributed by atoms with Crippen molar-refractivity contribution < 1.29 is 0 Å². The van der Waals surface area contributed by atoms with E-state index in [-0.39, 0.29) is 0 Å². The Bertz CT molecular complexity index is 260. The standard InChI is InChI=1S/C11H15BrClN/c1-14(8-2-7-13)9-10-3-5-11(12)6-4-10/h3-6H,2,7-9H2,1H3. The van der Waals surface area contributed by atoms with Gasteiger partial charge in [-0.05, 0) is 37.7 Å². The minimum atomic E-state index is 0.741. The summed E-state index contributed by atoms with van der Waals surface area (Å²) in [5.41, 5.74) is 1.34. The summed E-state index contributed by atoms with van der Waals surface area (Å²) in [5, 5.41) is 0. The molecule has 0 heterocycles. The van der Waals surface area contributed by atoms with Crippen molar-refractivity contribution in [1.29, 1.82) is 0 Å². The van der Waals surface area contributed by atoms with Crippen molar-refractivity contribution in [2.75, 3.05) is 19.5 Å². The molecule has 0 aromatic heterocycles. The lowest BCUT2D eigenvalue weighted by atomic mass is 10.2. The summed E-state index contributed by atoms with van der Waals surface area (Å²) in [4.78, 5) is 2.28. The molecule has 1 aromatic rings. The van der Waals surface area contributed by atoms with Crippen LogP contribution in [0.4, 0.5) is 0 Å². The number of halogens is 2. The van der Waals surface area contributed by atoms with Crippen molar-refractivity contribution in [3.05, 3.63) is 34.3 Å². The quantitative estimate of drug-likeness (QED) is 0.744. The molecule has 0 radical (unpaired) electrons. The molecule has 3 heteroatoms. The zero-order valence-corrected chi connectivity index (χ0v) is 10.7. The maximum absolute atomic E-state index is 5.64. The molecule has 0 N–H and O–H groups in total. The summed E-state index contributed by atoms with van der Waals surface area (Å²) in [6, 6.07) is 8.43. The zero-order chi connectivity index (χ0) is 10.4. The second-order valence-electron chi connectivity index (χ2n) is 3.41. The molecule has 0 saturated carbocycles. The lowest BCUT2D eigenvalue weighted by Gasteiger charge is -2.15. The Morgan fingerprint density at radius 2 is 1.93 bits per heavy atom. The van der Waals surface area contributed by atoms with Gasteiger partial charge in [0, 0.05) is 16.9 Å². The molecular formula is C11H15BrClN. The van der Waals surface area contributed by atoms with Gasteiger partial charge in [-0.3, -0.25) is 0 Å². The second kappa shape index (κ2) is 6.44. The Morgan fingerprint density at radius 3 is 2.50 bits per heavy atom. The molecule has 0 amide bonds. The average Bonchev–Trinajstić information content (AvgIpc) is 2.18. The van der Waals surface area contributed by atoms with E-state index in [1.165, 1.54) is 5.56 Å². The summed E-state index contributed by atoms with van der Waals surface area (Å²) in [6.07, 6.45) is 1.05. The van der Waals surface area contributed by atoms with E-state index in [2.05, 4.69) is 52.1 Å². The normalized spacial score (nSPS) is 10.9. The van der Waals surface area contributed by atoms with Gasteiger partial charge in [0.25, 0.3) is 0 Å². The largest absolute Gasteiger partial charge is 0.302 e. The second-order valence-corrected chi connectivity index (χ2v) is 4.70. The van der Waals surface area contributed by atoms with Crippen LogP contribution in [-0.4, -0.2) is 24.4 Å². The molecule has 0 atom stereocenters. The van der Waals surface area contributed by atoms with Crippen LogP contribution in [0.15, 0.2) is 28.7 Å². The van der Waals surface area contributed by atoms with Crippen LogP contribution in [-0.2, 0) is 6.54 Å². The van der Waals surface area contributed by atoms with E-state index in [9.17, 15) is 0 Å². The third-order valence-corrected chi connectivity index (χ3v) is 2.84. The molecule has 14 heavy (non-hydrogen) atoms. The smallest absolute Gasteiger partial charge is 0.0235 e. The van der Waals surface area contributed by atoms with Crippen LogP contribution in [0.3, 0.4) is 0 Å². The van der Waals surface area contributed by atoms with Gasteiger partial charge in [0.05, 0.1) is 0 Å². The third kappa shape index (κ3) is 4.45. The van der Waals surface area contributed by atoms with Gasteiger partial charge < -0.3 is 4.90 Å². The fourth-order valence-corrected chi connectivity index (χ4v) is 1.69. The highest BCUT2D eigenvalue weighted by Gasteiger charge is 1.99. The van der Waals surface area contributed by atoms with Crippen molar-refractivity contribution in [2.45, 2.75) is 13.0 Å². The highest BCUT2D eigenvalue weighted by atomic mass is 79.9. The molecular weight excluding hydrogens is 261 g/mol. The minimum Gasteiger partial charge on any atom is -0.302 e. The van der Waals surface area contributed by atoms with Crippen LogP contribution in [0.5, 0.6) is 0 Å². The van der Waals surface area contributed by atoms with E-state index in [1.54, 1.807) is 0 Å². The summed E-state index contributed by atoms with van der Waals surface area (Å²) in [6.45, 7) is 2.05. The number of benzene rings is 1. The highest BCUT2D eigenvalue weighted by Crippen LogP contribution is 2.11. The van der Waals surface area contributed by atoms with Gasteiger partial charge in [0.2, 0.25) is 0 Å². The van der Waals surface area contributed by atoms with Crippen molar-refractivity contribution in [3.8, 4) is 0 Å². The Balaban J connectivity index is 2.39. The van der Waals surface area contributed by atoms with Gasteiger partial charge >= 0.3 is 0 Å². The Morgan fingerprint density at radius 1 is 1.29 bits per heavy atom. The number of hydrogen-bond acceptors (Lipinski definition) is 1. The average molecular weight is 277 g/mol. The molecule has 0 aliphatic rings. The summed E-state index contributed by atoms with van der Waals surface area (Å²) in [5.74, 6) is 0.741. The van der Waals surface area contributed by atoms with Crippen LogP contribution in [0.25, 0.3) is 0 Å². The lowest BCUT2D eigenvalue weighted by Crippen LogP contribution is -2.19. The van der Waals surface area contributed by atoms with Gasteiger partial charge in [0.15, 0.2) is 0 Å². The zero-order valence-electron chi connectivity index (χ0n) is 8.34. The summed E-state index contributed by atoms with van der Waals surface area (Å²) < 4.78 is 1.13. The number of rotatable bonds is 5. The molecule has 0 unspecified atom stereocenters. The minimum absolute atomic E-state index is 0.741. The molecule has 0 fully saturated rings. The lowest BCUT2D eigenvalue weighted by molar-refractivity contribution is 0.328. The van der Waals surface area contributed by atoms with Gasteiger partial charge in [-0.2, -0.15) is 0 Å². The molecule has 1 aromatic carbocycles. The predicted molar refractivity (Wildman–Crippen MR) is 65.8 cm³/mol. The molecule has 0 bridgehead atoms. The first-order valence-electron chi connectivity index (χ1n) is 4.71. The first-order valence-corrected chi connectivity index (χ1v) is 6.04. The van der Waals surface area contributed by atoms with Gasteiger partial charge in [-0.25, -0.2) is 0 Å². The Kier molecular flexibility index (Phi) is 5.53. The van der Waals surface area contributed by atoms with Crippen molar-refractivity contribution in [2.24, 2.45) is 0 Å². The maximum atomic E-state index is 5.64. The van der Waals surface area contributed by atoms with E-state index in [0.717, 1.165) is 29.9 Å². The molecule has 0 spiro atoms. The SMILES string of the molecule is CN(CCCCl)Cc1ccc(Br)cc1. The van der Waals surface area contributed by atoms with Crippen molar-refractivity contribution >= 4 is 27.5 Å². The molecule has 1 nitrogen and oxygen atoms in total. The number of hydrogen-bond donors (Lipinski definition) is 0. The van der Waals surface area contributed by atoms with Gasteiger partial charge in [0.1, 0.15) is 0 Å². The topological polar surface area (TPSA) is 3.24 Å². The highest BCUT2D eigenvalue weighted by molar-refractivity contribution is 9.10. The Labute approximate surface area is 99.2 Å². The van der Waals surface area contributed by atoms with Crippen molar-refractivity contribution in [3.63, 3.8) is 0 Å². The molecule has 1 rings (SSSR count). The van der Waals surface area contributed by atoms with E-state index in [1.807, 2.05) is 0 Å². The van der Waals surface area contributed by atoms with Crippen LogP contribution in [0, 0.1) is 0 Å². The van der Waals surface area contributed by atoms with Crippen LogP contribution in [0.2, 0.25) is 0 Å². The van der Waals surface area contributed by atoms with Crippen molar-refractivity contribution in [1.82, 2.24) is 4.90 Å². The number of nitrogens with zero attached hydrogens (tertiary/aromatic N) is 1. The van der Waals surface area contributed by atoms with Gasteiger partial charge in [-0.1, -0.05) is 28.1 Å². The molecule has 78 valence electrons. The van der Waals surface area contributed by atoms with E-state index >= 15 is 0 Å². The Hall–Kier alpha value is -0.0500. The first kappa shape index (κ1) is 12.0. The van der Waals surface area contributed by atoms with E-state index in [4.69, 9.17) is 11.6 Å². The summed E-state index contributed by atoms with van der Waals surface area (Å²) in [7, 11) is 2.12. The van der Waals surface area contributed by atoms with E-state index in [0.29, 0.717) is 0 Å². The third-order valence-electron chi connectivity index (χ3n) is 2.04.